The van der Waals surface area contributed by atoms with Crippen molar-refractivity contribution in [2.24, 2.45) is 0 Å². The van der Waals surface area contributed by atoms with Gasteiger partial charge in [-0.25, -0.2) is 0 Å². The molecule has 58 heavy (non-hydrogen) atoms. The summed E-state index contributed by atoms with van der Waals surface area (Å²) in [6, 6.07) is 81.9. The SMILES string of the molecule is CC1(C)c2ccccc2-c2ccc(N(c3ccc(-c4ccccc4)cc3)c3cc(-c4ccc(-c5ccccc5)cc4)ccc3-c3ccc(-c4ccccc4)cc3)cc21. The maximum Gasteiger partial charge on any atom is 0.0546 e. The van der Waals surface area contributed by atoms with Crippen LogP contribution in [0.5, 0.6) is 0 Å². The number of anilines is 3. The highest BCUT2D eigenvalue weighted by molar-refractivity contribution is 5.93. The summed E-state index contributed by atoms with van der Waals surface area (Å²) in [4.78, 5) is 2.47. The molecule has 0 fully saturated rings. The smallest absolute Gasteiger partial charge is 0.0546 e. The lowest BCUT2D eigenvalue weighted by atomic mass is 9.82. The van der Waals surface area contributed by atoms with E-state index in [2.05, 4.69) is 243 Å². The Kier molecular flexibility index (Phi) is 8.92. The quantitative estimate of drug-likeness (QED) is 0.150. The first-order chi connectivity index (χ1) is 28.5. The third-order valence-electron chi connectivity index (χ3n) is 11.9. The maximum atomic E-state index is 2.47. The summed E-state index contributed by atoms with van der Waals surface area (Å²) in [6.07, 6.45) is 0. The molecule has 0 atom stereocenters. The molecule has 0 aromatic heterocycles. The number of hydrogen-bond acceptors (Lipinski definition) is 1. The van der Waals surface area contributed by atoms with Crippen molar-refractivity contribution in [1.29, 1.82) is 0 Å². The van der Waals surface area contributed by atoms with Crippen LogP contribution in [0.15, 0.2) is 224 Å². The van der Waals surface area contributed by atoms with Gasteiger partial charge in [-0.15, -0.1) is 0 Å². The second kappa shape index (κ2) is 14.7. The molecule has 0 unspecified atom stereocenters. The van der Waals surface area contributed by atoms with Gasteiger partial charge in [-0.2, -0.15) is 0 Å². The van der Waals surface area contributed by atoms with Gasteiger partial charge in [-0.1, -0.05) is 208 Å². The van der Waals surface area contributed by atoms with Crippen LogP contribution < -0.4 is 4.90 Å². The summed E-state index contributed by atoms with van der Waals surface area (Å²) in [5.74, 6) is 0. The minimum Gasteiger partial charge on any atom is -0.310 e. The average Bonchev–Trinajstić information content (AvgIpc) is 3.53. The lowest BCUT2D eigenvalue weighted by molar-refractivity contribution is 0.660. The highest BCUT2D eigenvalue weighted by Crippen LogP contribution is 2.51. The minimum absolute atomic E-state index is 0.136. The Morgan fingerprint density at radius 2 is 0.655 bits per heavy atom. The van der Waals surface area contributed by atoms with Crippen LogP contribution in [0.2, 0.25) is 0 Å². The van der Waals surface area contributed by atoms with Crippen molar-refractivity contribution in [3.63, 3.8) is 0 Å². The lowest BCUT2D eigenvalue weighted by Gasteiger charge is -2.30. The monoisotopic (exact) mass is 741 g/mol. The van der Waals surface area contributed by atoms with Gasteiger partial charge in [-0.3, -0.25) is 0 Å². The van der Waals surface area contributed by atoms with Gasteiger partial charge in [0.25, 0.3) is 0 Å². The van der Waals surface area contributed by atoms with Gasteiger partial charge < -0.3 is 4.90 Å². The Morgan fingerprint density at radius 3 is 1.21 bits per heavy atom. The number of fused-ring (bicyclic) bond motifs is 3. The molecule has 1 heteroatoms. The number of rotatable bonds is 8. The Hall–Kier alpha value is -7.22. The molecule has 0 spiro atoms. The standard InChI is InChI=1S/C57H43N/c1-57(2)54-21-13-12-20-52(54)53-37-35-50(39-55(53)57)58(49-33-30-45(31-34-49)42-18-10-5-11-19-42)56-38-48(46-24-22-43(23-25-46)40-14-6-3-7-15-40)32-36-51(56)47-28-26-44(27-29-47)41-16-8-4-9-17-41/h3-39H,1-2H3. The summed E-state index contributed by atoms with van der Waals surface area (Å²) in [7, 11) is 0. The first-order valence-corrected chi connectivity index (χ1v) is 20.2. The molecule has 0 aliphatic heterocycles. The Balaban J connectivity index is 1.16. The van der Waals surface area contributed by atoms with Crippen molar-refractivity contribution >= 4 is 17.1 Å². The summed E-state index contributed by atoms with van der Waals surface area (Å²) >= 11 is 0. The molecule has 0 saturated carbocycles. The number of nitrogens with zero attached hydrogens (tertiary/aromatic N) is 1. The molecular formula is C57H43N. The lowest BCUT2D eigenvalue weighted by Crippen LogP contribution is -2.17. The second-order valence-electron chi connectivity index (χ2n) is 15.8. The third kappa shape index (κ3) is 6.41. The summed E-state index contributed by atoms with van der Waals surface area (Å²) in [5.41, 5.74) is 20.5. The molecule has 1 aliphatic carbocycles. The van der Waals surface area contributed by atoms with Gasteiger partial charge in [0.05, 0.1) is 5.69 Å². The molecule has 0 bridgehead atoms. The molecule has 0 heterocycles. The molecule has 1 nitrogen and oxygen atoms in total. The van der Waals surface area contributed by atoms with Gasteiger partial charge in [0, 0.05) is 22.4 Å². The van der Waals surface area contributed by atoms with Gasteiger partial charge in [0.1, 0.15) is 0 Å². The van der Waals surface area contributed by atoms with Crippen LogP contribution >= 0.6 is 0 Å². The maximum absolute atomic E-state index is 2.47. The van der Waals surface area contributed by atoms with Gasteiger partial charge in [0.15, 0.2) is 0 Å². The van der Waals surface area contributed by atoms with Crippen molar-refractivity contribution < 1.29 is 0 Å². The molecule has 1 aliphatic rings. The highest BCUT2D eigenvalue weighted by Gasteiger charge is 2.36. The zero-order valence-electron chi connectivity index (χ0n) is 32.8. The summed E-state index contributed by atoms with van der Waals surface area (Å²) < 4.78 is 0. The van der Waals surface area contributed by atoms with Crippen LogP contribution in [0.3, 0.4) is 0 Å². The van der Waals surface area contributed by atoms with E-state index in [-0.39, 0.29) is 5.41 Å². The average molecular weight is 742 g/mol. The first-order valence-electron chi connectivity index (χ1n) is 20.2. The molecule has 0 saturated heterocycles. The van der Waals surface area contributed by atoms with Crippen LogP contribution in [0.4, 0.5) is 17.1 Å². The molecule has 9 aromatic carbocycles. The predicted molar refractivity (Wildman–Crippen MR) is 246 cm³/mol. The summed E-state index contributed by atoms with van der Waals surface area (Å²) in [6.45, 7) is 4.72. The van der Waals surface area contributed by atoms with Crippen LogP contribution in [0.1, 0.15) is 25.0 Å². The van der Waals surface area contributed by atoms with Crippen molar-refractivity contribution in [3.05, 3.63) is 236 Å². The highest BCUT2D eigenvalue weighted by atomic mass is 15.1. The normalized spacial score (nSPS) is 12.4. The van der Waals surface area contributed by atoms with E-state index in [1.54, 1.807) is 0 Å². The molecule has 0 amide bonds. The largest absolute Gasteiger partial charge is 0.310 e. The predicted octanol–water partition coefficient (Wildman–Crippen LogP) is 15.8. The fourth-order valence-corrected chi connectivity index (χ4v) is 8.79. The van der Waals surface area contributed by atoms with Crippen LogP contribution in [0, 0.1) is 0 Å². The Labute approximate surface area is 342 Å². The van der Waals surface area contributed by atoms with E-state index in [1.165, 1.54) is 77.9 Å². The molecule has 0 N–H and O–H groups in total. The molecule has 276 valence electrons. The summed E-state index contributed by atoms with van der Waals surface area (Å²) in [5, 5.41) is 0. The van der Waals surface area contributed by atoms with E-state index in [0.717, 1.165) is 17.1 Å². The van der Waals surface area contributed by atoms with Crippen molar-refractivity contribution in [3.8, 4) is 66.8 Å². The molecule has 0 radical (unpaired) electrons. The van der Waals surface area contributed by atoms with Crippen molar-refractivity contribution in [2.45, 2.75) is 19.3 Å². The Bertz CT molecular complexity index is 2850. The van der Waals surface area contributed by atoms with Crippen LogP contribution in [0.25, 0.3) is 66.8 Å². The van der Waals surface area contributed by atoms with E-state index < -0.39 is 0 Å². The van der Waals surface area contributed by atoms with E-state index in [1.807, 2.05) is 0 Å². The molecular weight excluding hydrogens is 699 g/mol. The van der Waals surface area contributed by atoms with Crippen molar-refractivity contribution in [2.75, 3.05) is 4.90 Å². The zero-order chi connectivity index (χ0) is 39.1. The molecule has 9 aromatic rings. The fourth-order valence-electron chi connectivity index (χ4n) is 8.79. The van der Waals surface area contributed by atoms with Crippen molar-refractivity contribution in [1.82, 2.24) is 0 Å². The third-order valence-corrected chi connectivity index (χ3v) is 11.9. The van der Waals surface area contributed by atoms with E-state index in [0.29, 0.717) is 0 Å². The minimum atomic E-state index is -0.136. The van der Waals surface area contributed by atoms with Gasteiger partial charge in [0.2, 0.25) is 0 Å². The first kappa shape index (κ1) is 35.2. The van der Waals surface area contributed by atoms with Crippen LogP contribution in [-0.2, 0) is 5.41 Å². The van der Waals surface area contributed by atoms with E-state index in [9.17, 15) is 0 Å². The van der Waals surface area contributed by atoms with Crippen LogP contribution in [-0.4, -0.2) is 0 Å². The zero-order valence-corrected chi connectivity index (χ0v) is 32.8. The second-order valence-corrected chi connectivity index (χ2v) is 15.8. The Morgan fingerprint density at radius 1 is 0.276 bits per heavy atom. The molecule has 10 rings (SSSR count). The van der Waals surface area contributed by atoms with E-state index >= 15 is 0 Å². The topological polar surface area (TPSA) is 3.24 Å². The van der Waals surface area contributed by atoms with Gasteiger partial charge in [-0.05, 0) is 103 Å². The fraction of sp³-hybridized carbons (Fsp3) is 0.0526. The number of hydrogen-bond donors (Lipinski definition) is 0. The number of benzene rings is 9. The van der Waals surface area contributed by atoms with E-state index in [4.69, 9.17) is 0 Å². The van der Waals surface area contributed by atoms with Gasteiger partial charge >= 0.3 is 0 Å².